The van der Waals surface area contributed by atoms with Gasteiger partial charge in [-0.1, -0.05) is 66.7 Å². The SMILES string of the molecule is COc1ccccc1/C=C/CN(CCN1CCN(C(=O)Nc2cccc(C(F)(F)F)c2)CC1)C(=O)Cc1ccccc1. The molecule has 0 unspecified atom stereocenters. The molecule has 0 aliphatic carbocycles. The molecule has 0 spiro atoms. The number of anilines is 1. The summed E-state index contributed by atoms with van der Waals surface area (Å²) in [5.41, 5.74) is 1.16. The fraction of sp³-hybridized carbons (Fsp3) is 0.312. The summed E-state index contributed by atoms with van der Waals surface area (Å²) >= 11 is 0. The maximum Gasteiger partial charge on any atom is 0.416 e. The van der Waals surface area contributed by atoms with Crippen LogP contribution in [-0.2, 0) is 17.4 Å². The summed E-state index contributed by atoms with van der Waals surface area (Å²) in [4.78, 5) is 31.6. The molecule has 3 aromatic carbocycles. The first-order valence-electron chi connectivity index (χ1n) is 13.8. The summed E-state index contributed by atoms with van der Waals surface area (Å²) in [5.74, 6) is 0.774. The number of nitrogens with zero attached hydrogens (tertiary/aromatic N) is 3. The zero-order valence-electron chi connectivity index (χ0n) is 23.5. The summed E-state index contributed by atoms with van der Waals surface area (Å²) in [6, 6.07) is 21.5. The van der Waals surface area contributed by atoms with Crippen LogP contribution in [0.4, 0.5) is 23.7 Å². The van der Waals surface area contributed by atoms with Gasteiger partial charge in [-0.2, -0.15) is 13.2 Å². The Bertz CT molecular complexity index is 1360. The Morgan fingerprint density at radius 1 is 0.952 bits per heavy atom. The second-order valence-electron chi connectivity index (χ2n) is 9.98. The van der Waals surface area contributed by atoms with E-state index in [2.05, 4.69) is 10.2 Å². The van der Waals surface area contributed by atoms with Crippen LogP contribution in [0.2, 0.25) is 0 Å². The molecule has 1 aliphatic heterocycles. The average molecular weight is 581 g/mol. The Labute approximate surface area is 244 Å². The summed E-state index contributed by atoms with van der Waals surface area (Å²) in [7, 11) is 1.62. The third-order valence-corrected chi connectivity index (χ3v) is 7.10. The van der Waals surface area contributed by atoms with E-state index in [1.54, 1.807) is 12.0 Å². The molecular weight excluding hydrogens is 545 g/mol. The van der Waals surface area contributed by atoms with Crippen LogP contribution < -0.4 is 10.1 Å². The van der Waals surface area contributed by atoms with E-state index < -0.39 is 17.8 Å². The highest BCUT2D eigenvalue weighted by Crippen LogP contribution is 2.30. The van der Waals surface area contributed by atoms with E-state index in [1.165, 1.54) is 12.1 Å². The van der Waals surface area contributed by atoms with Crippen LogP contribution in [0.25, 0.3) is 6.08 Å². The van der Waals surface area contributed by atoms with Gasteiger partial charge in [0.25, 0.3) is 0 Å². The highest BCUT2D eigenvalue weighted by Gasteiger charge is 2.31. The average Bonchev–Trinajstić information content (AvgIpc) is 2.99. The third-order valence-electron chi connectivity index (χ3n) is 7.10. The summed E-state index contributed by atoms with van der Waals surface area (Å²) in [6.07, 6.45) is -0.278. The van der Waals surface area contributed by atoms with Crippen LogP contribution in [0.5, 0.6) is 5.75 Å². The van der Waals surface area contributed by atoms with E-state index in [1.807, 2.05) is 71.6 Å². The van der Waals surface area contributed by atoms with Gasteiger partial charge in [0, 0.05) is 57.1 Å². The highest BCUT2D eigenvalue weighted by atomic mass is 19.4. The van der Waals surface area contributed by atoms with E-state index in [-0.39, 0.29) is 11.6 Å². The fourth-order valence-corrected chi connectivity index (χ4v) is 4.72. The van der Waals surface area contributed by atoms with Crippen molar-refractivity contribution in [3.8, 4) is 5.75 Å². The Hall–Kier alpha value is -4.31. The van der Waals surface area contributed by atoms with Gasteiger partial charge in [-0.25, -0.2) is 4.79 Å². The number of alkyl halides is 3. The molecule has 1 fully saturated rings. The lowest BCUT2D eigenvalue weighted by Gasteiger charge is -2.35. The molecular formula is C32H35F3N4O3. The number of hydrogen-bond donors (Lipinski definition) is 1. The Kier molecular flexibility index (Phi) is 10.6. The second kappa shape index (κ2) is 14.5. The first-order chi connectivity index (χ1) is 20.2. The standard InChI is InChI=1S/C32H35F3N4O3/c1-42-29-15-6-5-11-26(29)12-8-16-38(30(40)23-25-9-3-2-4-10-25)20-17-37-18-21-39(22-19-37)31(41)36-28-14-7-13-27(24-28)32(33,34)35/h2-15,24H,16-23H2,1H3,(H,36,41)/b12-8+. The lowest BCUT2D eigenvalue weighted by atomic mass is 10.1. The van der Waals surface area contributed by atoms with Crippen LogP contribution in [0.15, 0.2) is 84.9 Å². The smallest absolute Gasteiger partial charge is 0.416 e. The van der Waals surface area contributed by atoms with Crippen molar-refractivity contribution in [3.63, 3.8) is 0 Å². The van der Waals surface area contributed by atoms with Gasteiger partial charge < -0.3 is 19.9 Å². The number of ether oxygens (including phenoxy) is 1. The number of amides is 3. The molecule has 0 atom stereocenters. The van der Waals surface area contributed by atoms with Crippen molar-refractivity contribution in [1.29, 1.82) is 0 Å². The number of urea groups is 1. The number of para-hydroxylation sites is 1. The third kappa shape index (κ3) is 8.84. The zero-order chi connectivity index (χ0) is 30.0. The Morgan fingerprint density at radius 3 is 2.38 bits per heavy atom. The van der Waals surface area contributed by atoms with Crippen molar-refractivity contribution in [2.24, 2.45) is 0 Å². The molecule has 1 saturated heterocycles. The predicted octanol–water partition coefficient (Wildman–Crippen LogP) is 5.65. The number of rotatable bonds is 10. The van der Waals surface area contributed by atoms with Gasteiger partial charge in [0.1, 0.15) is 5.75 Å². The minimum Gasteiger partial charge on any atom is -0.496 e. The van der Waals surface area contributed by atoms with Crippen molar-refractivity contribution in [1.82, 2.24) is 14.7 Å². The molecule has 0 bridgehead atoms. The van der Waals surface area contributed by atoms with E-state index in [0.717, 1.165) is 29.0 Å². The van der Waals surface area contributed by atoms with Gasteiger partial charge in [-0.05, 0) is 29.8 Å². The summed E-state index contributed by atoms with van der Waals surface area (Å²) in [5, 5.41) is 2.57. The number of piperazine rings is 1. The van der Waals surface area contributed by atoms with Gasteiger partial charge in [0.2, 0.25) is 5.91 Å². The van der Waals surface area contributed by atoms with Crippen molar-refractivity contribution < 1.29 is 27.5 Å². The Balaban J connectivity index is 1.31. The lowest BCUT2D eigenvalue weighted by Crippen LogP contribution is -2.51. The van der Waals surface area contributed by atoms with Gasteiger partial charge in [-0.3, -0.25) is 9.69 Å². The van der Waals surface area contributed by atoms with Crippen LogP contribution in [0, 0.1) is 0 Å². The number of benzene rings is 3. The molecule has 222 valence electrons. The molecule has 0 radical (unpaired) electrons. The van der Waals surface area contributed by atoms with Crippen molar-refractivity contribution in [3.05, 3.63) is 102 Å². The van der Waals surface area contributed by atoms with E-state index in [4.69, 9.17) is 4.74 Å². The molecule has 1 aliphatic rings. The van der Waals surface area contributed by atoms with Crippen molar-refractivity contribution in [2.45, 2.75) is 12.6 Å². The van der Waals surface area contributed by atoms with Crippen LogP contribution >= 0.6 is 0 Å². The van der Waals surface area contributed by atoms with Gasteiger partial charge in [0.15, 0.2) is 0 Å². The van der Waals surface area contributed by atoms with Crippen molar-refractivity contribution >= 4 is 23.7 Å². The normalized spacial score (nSPS) is 14.1. The molecule has 4 rings (SSSR count). The highest BCUT2D eigenvalue weighted by molar-refractivity contribution is 5.89. The first-order valence-corrected chi connectivity index (χ1v) is 13.8. The molecule has 42 heavy (non-hydrogen) atoms. The van der Waals surface area contributed by atoms with Crippen LogP contribution in [0.1, 0.15) is 16.7 Å². The molecule has 7 nitrogen and oxygen atoms in total. The van der Waals surface area contributed by atoms with Gasteiger partial charge in [0.05, 0.1) is 19.1 Å². The molecule has 3 aromatic rings. The van der Waals surface area contributed by atoms with E-state index >= 15 is 0 Å². The predicted molar refractivity (Wildman–Crippen MR) is 157 cm³/mol. The number of hydrogen-bond acceptors (Lipinski definition) is 4. The summed E-state index contributed by atoms with van der Waals surface area (Å²) < 4.78 is 44.4. The van der Waals surface area contributed by atoms with Gasteiger partial charge >= 0.3 is 12.2 Å². The molecule has 1 heterocycles. The molecule has 0 aromatic heterocycles. The number of nitrogens with one attached hydrogen (secondary N) is 1. The monoisotopic (exact) mass is 580 g/mol. The minimum absolute atomic E-state index is 0.0185. The maximum atomic E-state index is 13.3. The van der Waals surface area contributed by atoms with Crippen molar-refractivity contribution in [2.75, 3.05) is 58.2 Å². The number of halogens is 3. The van der Waals surface area contributed by atoms with Crippen LogP contribution in [-0.4, -0.2) is 79.6 Å². The molecule has 3 amide bonds. The van der Waals surface area contributed by atoms with Gasteiger partial charge in [-0.15, -0.1) is 0 Å². The second-order valence-corrected chi connectivity index (χ2v) is 9.98. The number of carbonyl (C=O) groups excluding carboxylic acids is 2. The Morgan fingerprint density at radius 2 is 1.67 bits per heavy atom. The topological polar surface area (TPSA) is 65.1 Å². The van der Waals surface area contributed by atoms with Crippen LogP contribution in [0.3, 0.4) is 0 Å². The minimum atomic E-state index is -4.48. The number of methoxy groups -OCH3 is 1. The lowest BCUT2D eigenvalue weighted by molar-refractivity contribution is -0.137. The van der Waals surface area contributed by atoms with E-state index in [9.17, 15) is 22.8 Å². The van der Waals surface area contributed by atoms with E-state index in [0.29, 0.717) is 52.2 Å². The quantitative estimate of drug-likeness (QED) is 0.337. The maximum absolute atomic E-state index is 13.3. The molecule has 1 N–H and O–H groups in total. The summed E-state index contributed by atoms with van der Waals surface area (Å²) in [6.45, 7) is 3.61. The fourth-order valence-electron chi connectivity index (χ4n) is 4.72. The first kappa shape index (κ1) is 30.6. The zero-order valence-corrected chi connectivity index (χ0v) is 23.5. The molecule has 0 saturated carbocycles. The molecule has 10 heteroatoms. The number of carbonyl (C=O) groups is 2. The largest absolute Gasteiger partial charge is 0.496 e.